The van der Waals surface area contributed by atoms with Crippen molar-refractivity contribution >= 4 is 0 Å². The summed E-state index contributed by atoms with van der Waals surface area (Å²) in [5, 5.41) is 0. The van der Waals surface area contributed by atoms with Crippen LogP contribution >= 0.6 is 0 Å². The Morgan fingerprint density at radius 1 is 1.00 bits per heavy atom. The second-order valence-electron chi connectivity index (χ2n) is 4.11. The Kier molecular flexibility index (Phi) is 4.02. The fraction of sp³-hybridized carbons (Fsp3) is 0.200. The van der Waals surface area contributed by atoms with Crippen molar-refractivity contribution < 1.29 is 13.9 Å². The molecule has 0 amide bonds. The van der Waals surface area contributed by atoms with E-state index in [0.717, 1.165) is 5.56 Å². The Morgan fingerprint density at radius 3 is 2.37 bits per heavy atom. The highest BCUT2D eigenvalue weighted by Crippen LogP contribution is 2.30. The molecule has 0 saturated carbocycles. The molecule has 2 aromatic rings. The van der Waals surface area contributed by atoms with Crippen molar-refractivity contribution in [3.8, 4) is 11.5 Å². The molecular formula is C15H16FNO2. The quantitative estimate of drug-likeness (QED) is 0.920. The van der Waals surface area contributed by atoms with Gasteiger partial charge in [-0.1, -0.05) is 24.3 Å². The number of rotatable bonds is 4. The van der Waals surface area contributed by atoms with Crippen LogP contribution < -0.4 is 15.2 Å². The van der Waals surface area contributed by atoms with Gasteiger partial charge < -0.3 is 15.2 Å². The molecule has 1 atom stereocenters. The first-order valence-electron chi connectivity index (χ1n) is 5.89. The van der Waals surface area contributed by atoms with Crippen LogP contribution in [-0.4, -0.2) is 14.2 Å². The Labute approximate surface area is 111 Å². The van der Waals surface area contributed by atoms with Crippen molar-refractivity contribution in [2.75, 3.05) is 14.2 Å². The van der Waals surface area contributed by atoms with E-state index in [1.165, 1.54) is 13.2 Å². The van der Waals surface area contributed by atoms with E-state index >= 15 is 0 Å². The molecule has 4 heteroatoms. The van der Waals surface area contributed by atoms with Crippen molar-refractivity contribution in [3.63, 3.8) is 0 Å². The highest BCUT2D eigenvalue weighted by molar-refractivity contribution is 5.42. The number of hydrogen-bond acceptors (Lipinski definition) is 3. The molecule has 0 radical (unpaired) electrons. The van der Waals surface area contributed by atoms with Gasteiger partial charge in [0.2, 0.25) is 0 Å². The van der Waals surface area contributed by atoms with E-state index in [2.05, 4.69) is 0 Å². The zero-order valence-corrected chi connectivity index (χ0v) is 10.9. The summed E-state index contributed by atoms with van der Waals surface area (Å²) < 4.78 is 24.2. The van der Waals surface area contributed by atoms with Gasteiger partial charge in [-0.2, -0.15) is 0 Å². The maximum atomic E-state index is 14.0. The number of nitrogens with two attached hydrogens (primary N) is 1. The molecule has 3 nitrogen and oxygen atoms in total. The molecular weight excluding hydrogens is 245 g/mol. The Morgan fingerprint density at radius 2 is 1.74 bits per heavy atom. The minimum Gasteiger partial charge on any atom is -0.497 e. The molecule has 0 spiro atoms. The predicted octanol–water partition coefficient (Wildman–Crippen LogP) is 2.89. The fourth-order valence-corrected chi connectivity index (χ4v) is 1.98. The molecule has 100 valence electrons. The molecule has 0 heterocycles. The molecule has 0 saturated heterocycles. The highest BCUT2D eigenvalue weighted by Gasteiger charge is 2.17. The van der Waals surface area contributed by atoms with Crippen LogP contribution in [0.15, 0.2) is 42.5 Å². The third kappa shape index (κ3) is 2.69. The van der Waals surface area contributed by atoms with E-state index in [4.69, 9.17) is 15.2 Å². The number of benzene rings is 2. The van der Waals surface area contributed by atoms with Gasteiger partial charge in [0.1, 0.15) is 17.3 Å². The van der Waals surface area contributed by atoms with Gasteiger partial charge in [-0.05, 0) is 12.1 Å². The monoisotopic (exact) mass is 261 g/mol. The van der Waals surface area contributed by atoms with Gasteiger partial charge in [0.15, 0.2) is 0 Å². The summed E-state index contributed by atoms with van der Waals surface area (Å²) in [7, 11) is 3.06. The SMILES string of the molecule is COc1ccc(C(N)c2ccccc2OC)c(F)c1. The van der Waals surface area contributed by atoms with Crippen molar-refractivity contribution in [1.29, 1.82) is 0 Å². The topological polar surface area (TPSA) is 44.5 Å². The summed E-state index contributed by atoms with van der Waals surface area (Å²) in [5.41, 5.74) is 7.28. The summed E-state index contributed by atoms with van der Waals surface area (Å²) >= 11 is 0. The summed E-state index contributed by atoms with van der Waals surface area (Å²) in [4.78, 5) is 0. The number of ether oxygens (including phenoxy) is 2. The molecule has 19 heavy (non-hydrogen) atoms. The average molecular weight is 261 g/mol. The maximum Gasteiger partial charge on any atom is 0.132 e. The smallest absolute Gasteiger partial charge is 0.132 e. The van der Waals surface area contributed by atoms with E-state index in [0.29, 0.717) is 17.1 Å². The lowest BCUT2D eigenvalue weighted by Crippen LogP contribution is -2.14. The Hall–Kier alpha value is -2.07. The first-order chi connectivity index (χ1) is 9.17. The van der Waals surface area contributed by atoms with E-state index in [1.807, 2.05) is 18.2 Å². The van der Waals surface area contributed by atoms with E-state index in [1.54, 1.807) is 25.3 Å². The molecule has 0 aliphatic rings. The minimum absolute atomic E-state index is 0.391. The number of para-hydroxylation sites is 1. The Balaban J connectivity index is 2.41. The maximum absolute atomic E-state index is 14.0. The summed E-state index contributed by atoms with van der Waals surface area (Å²) in [5.74, 6) is 0.719. The molecule has 2 rings (SSSR count). The second kappa shape index (κ2) is 5.71. The number of halogens is 1. The average Bonchev–Trinajstić information content (AvgIpc) is 2.46. The van der Waals surface area contributed by atoms with Crippen LogP contribution in [0.25, 0.3) is 0 Å². The van der Waals surface area contributed by atoms with Crippen molar-refractivity contribution in [2.45, 2.75) is 6.04 Å². The molecule has 0 aliphatic carbocycles. The third-order valence-electron chi connectivity index (χ3n) is 3.02. The van der Waals surface area contributed by atoms with Crippen molar-refractivity contribution in [1.82, 2.24) is 0 Å². The lowest BCUT2D eigenvalue weighted by atomic mass is 9.98. The fourth-order valence-electron chi connectivity index (χ4n) is 1.98. The number of methoxy groups -OCH3 is 2. The molecule has 2 aromatic carbocycles. The van der Waals surface area contributed by atoms with Gasteiger partial charge in [0, 0.05) is 17.2 Å². The second-order valence-corrected chi connectivity index (χ2v) is 4.11. The molecule has 0 fully saturated rings. The van der Waals surface area contributed by atoms with Crippen molar-refractivity contribution in [2.24, 2.45) is 5.73 Å². The summed E-state index contributed by atoms with van der Waals surface area (Å²) in [6.45, 7) is 0. The minimum atomic E-state index is -0.581. The van der Waals surface area contributed by atoms with Crippen LogP contribution in [0.3, 0.4) is 0 Å². The van der Waals surface area contributed by atoms with Gasteiger partial charge in [-0.25, -0.2) is 4.39 Å². The van der Waals surface area contributed by atoms with Crippen LogP contribution in [0.1, 0.15) is 17.2 Å². The van der Waals surface area contributed by atoms with E-state index in [-0.39, 0.29) is 0 Å². The summed E-state index contributed by atoms with van der Waals surface area (Å²) in [6, 6.07) is 11.4. The van der Waals surface area contributed by atoms with Crippen LogP contribution in [0.5, 0.6) is 11.5 Å². The van der Waals surface area contributed by atoms with Crippen LogP contribution in [-0.2, 0) is 0 Å². The van der Waals surface area contributed by atoms with Gasteiger partial charge in [0.05, 0.1) is 20.3 Å². The van der Waals surface area contributed by atoms with Gasteiger partial charge in [-0.3, -0.25) is 0 Å². The zero-order chi connectivity index (χ0) is 13.8. The molecule has 1 unspecified atom stereocenters. The standard InChI is InChI=1S/C15H16FNO2/c1-18-10-7-8-11(13(16)9-10)15(17)12-5-3-4-6-14(12)19-2/h3-9,15H,17H2,1-2H3. The predicted molar refractivity (Wildman–Crippen MR) is 72.0 cm³/mol. The lowest BCUT2D eigenvalue weighted by molar-refractivity contribution is 0.406. The molecule has 0 bridgehead atoms. The third-order valence-corrected chi connectivity index (χ3v) is 3.02. The van der Waals surface area contributed by atoms with Gasteiger partial charge in [0.25, 0.3) is 0 Å². The zero-order valence-electron chi connectivity index (χ0n) is 10.9. The summed E-state index contributed by atoms with van der Waals surface area (Å²) in [6.07, 6.45) is 0. The van der Waals surface area contributed by atoms with Crippen LogP contribution in [0, 0.1) is 5.82 Å². The first kappa shape index (κ1) is 13.4. The molecule has 0 aromatic heterocycles. The first-order valence-corrected chi connectivity index (χ1v) is 5.89. The normalized spacial score (nSPS) is 12.0. The van der Waals surface area contributed by atoms with Gasteiger partial charge >= 0.3 is 0 Å². The van der Waals surface area contributed by atoms with Crippen LogP contribution in [0.4, 0.5) is 4.39 Å². The Bertz CT molecular complexity index is 572. The van der Waals surface area contributed by atoms with E-state index in [9.17, 15) is 4.39 Å². The largest absolute Gasteiger partial charge is 0.497 e. The lowest BCUT2D eigenvalue weighted by Gasteiger charge is -2.17. The van der Waals surface area contributed by atoms with Crippen molar-refractivity contribution in [3.05, 3.63) is 59.4 Å². The molecule has 0 aliphatic heterocycles. The highest BCUT2D eigenvalue weighted by atomic mass is 19.1. The molecule has 2 N–H and O–H groups in total. The van der Waals surface area contributed by atoms with Gasteiger partial charge in [-0.15, -0.1) is 0 Å². The number of hydrogen-bond donors (Lipinski definition) is 1. The van der Waals surface area contributed by atoms with Crippen LogP contribution in [0.2, 0.25) is 0 Å². The van der Waals surface area contributed by atoms with E-state index < -0.39 is 11.9 Å².